The summed E-state index contributed by atoms with van der Waals surface area (Å²) in [6.07, 6.45) is -1.06. The van der Waals surface area contributed by atoms with E-state index < -0.39 is 12.7 Å². The largest absolute Gasteiger partial charge is 0.450 e. The van der Waals surface area contributed by atoms with Crippen LogP contribution in [-0.2, 0) is 4.74 Å². The van der Waals surface area contributed by atoms with Gasteiger partial charge in [-0.1, -0.05) is 6.92 Å². The molecule has 1 amide bonds. The highest BCUT2D eigenvalue weighted by Gasteiger charge is 2.61. The van der Waals surface area contributed by atoms with Gasteiger partial charge < -0.3 is 9.64 Å². The second kappa shape index (κ2) is 6.79. The maximum atomic E-state index is 12.7. The molecule has 5 nitrogen and oxygen atoms in total. The maximum Gasteiger partial charge on any atom is 0.409 e. The highest BCUT2D eigenvalue weighted by molar-refractivity contribution is 5.68. The molecule has 0 bridgehead atoms. The fraction of sp³-hybridized carbons (Fsp3) is 0.947. The van der Waals surface area contributed by atoms with Crippen LogP contribution in [0.3, 0.4) is 0 Å². The van der Waals surface area contributed by atoms with E-state index in [2.05, 4.69) is 4.90 Å². The van der Waals surface area contributed by atoms with Crippen molar-refractivity contribution in [1.29, 1.82) is 0 Å². The van der Waals surface area contributed by atoms with Gasteiger partial charge in [-0.05, 0) is 50.0 Å². The summed E-state index contributed by atoms with van der Waals surface area (Å²) in [5.74, 6) is 0.812. The number of hydrogen-bond acceptors (Lipinski definition) is 4. The fourth-order valence-corrected chi connectivity index (χ4v) is 5.86. The summed E-state index contributed by atoms with van der Waals surface area (Å²) < 4.78 is 43.3. The average molecular weight is 389 g/mol. The highest BCUT2D eigenvalue weighted by atomic mass is 19.4. The lowest BCUT2D eigenvalue weighted by atomic mass is 9.64. The second-order valence-corrected chi connectivity index (χ2v) is 8.88. The Hall–Kier alpha value is -1.02. The van der Waals surface area contributed by atoms with Crippen LogP contribution in [0.25, 0.3) is 0 Å². The van der Waals surface area contributed by atoms with Gasteiger partial charge in [0.15, 0.2) is 0 Å². The van der Waals surface area contributed by atoms with Gasteiger partial charge in [0.2, 0.25) is 0 Å². The van der Waals surface area contributed by atoms with Crippen molar-refractivity contribution in [3.63, 3.8) is 0 Å². The van der Waals surface area contributed by atoms with E-state index in [1.54, 1.807) is 4.90 Å². The molecule has 8 heteroatoms. The first kappa shape index (κ1) is 19.3. The molecule has 1 spiro atoms. The topological polar surface area (TPSA) is 36.0 Å². The average Bonchev–Trinajstić information content (AvgIpc) is 2.95. The van der Waals surface area contributed by atoms with Crippen LogP contribution in [0.5, 0.6) is 0 Å². The summed E-state index contributed by atoms with van der Waals surface area (Å²) in [7, 11) is 0. The number of carbonyl (C=O) groups is 1. The van der Waals surface area contributed by atoms with Gasteiger partial charge in [-0.3, -0.25) is 9.80 Å². The van der Waals surface area contributed by atoms with Crippen molar-refractivity contribution < 1.29 is 22.7 Å². The van der Waals surface area contributed by atoms with Crippen LogP contribution < -0.4 is 0 Å². The predicted molar refractivity (Wildman–Crippen MR) is 94.3 cm³/mol. The molecule has 0 aromatic heterocycles. The zero-order valence-corrected chi connectivity index (χ0v) is 16.2. The van der Waals surface area contributed by atoms with E-state index in [9.17, 15) is 18.0 Å². The number of likely N-dealkylation sites (tertiary alicyclic amines) is 2. The van der Waals surface area contributed by atoms with E-state index >= 15 is 0 Å². The maximum absolute atomic E-state index is 12.7. The van der Waals surface area contributed by atoms with Gasteiger partial charge in [-0.2, -0.15) is 13.2 Å². The number of piperidine rings is 1. The van der Waals surface area contributed by atoms with Crippen molar-refractivity contribution in [3.8, 4) is 0 Å². The van der Waals surface area contributed by atoms with Crippen LogP contribution in [0.2, 0.25) is 0 Å². The molecule has 2 saturated heterocycles. The van der Waals surface area contributed by atoms with E-state index in [1.807, 2.05) is 18.7 Å². The number of fused-ring (bicyclic) bond motifs is 1. The van der Waals surface area contributed by atoms with Crippen LogP contribution in [0.4, 0.5) is 18.0 Å². The first-order valence-corrected chi connectivity index (χ1v) is 10.2. The van der Waals surface area contributed by atoms with Crippen molar-refractivity contribution in [3.05, 3.63) is 0 Å². The lowest BCUT2D eigenvalue weighted by Gasteiger charge is -2.49. The molecule has 2 atom stereocenters. The van der Waals surface area contributed by atoms with Gasteiger partial charge >= 0.3 is 12.3 Å². The molecular weight excluding hydrogens is 359 g/mol. The van der Waals surface area contributed by atoms with E-state index in [4.69, 9.17) is 4.74 Å². The third kappa shape index (κ3) is 3.67. The van der Waals surface area contributed by atoms with Crippen molar-refractivity contribution >= 4 is 6.09 Å². The third-order valence-electron chi connectivity index (χ3n) is 7.21. The molecule has 2 aliphatic heterocycles. The molecular formula is C19H30F3N3O2. The molecule has 0 aromatic carbocycles. The van der Waals surface area contributed by atoms with Gasteiger partial charge in [0.05, 0.1) is 13.2 Å². The normalized spacial score (nSPS) is 38.4. The molecule has 4 fully saturated rings. The summed E-state index contributed by atoms with van der Waals surface area (Å²) in [5.41, 5.74) is 0.245. The Morgan fingerprint density at radius 2 is 1.89 bits per heavy atom. The standard InChI is InChI=1S/C19H30F3N3O2/c1-3-23(12-19(20,21)22)16-14-9-25(10-15(14)16)13-7-18(8-13)5-6-24(11-18)17(26)27-4-2/h13-16H,3-12H2,1-2H3. The highest BCUT2D eigenvalue weighted by Crippen LogP contribution is 2.55. The summed E-state index contributed by atoms with van der Waals surface area (Å²) in [6.45, 7) is 7.18. The third-order valence-corrected chi connectivity index (χ3v) is 7.21. The smallest absolute Gasteiger partial charge is 0.409 e. The number of halogens is 3. The van der Waals surface area contributed by atoms with E-state index in [0.29, 0.717) is 31.0 Å². The first-order valence-electron chi connectivity index (χ1n) is 10.2. The lowest BCUT2D eigenvalue weighted by molar-refractivity contribution is -0.148. The molecule has 4 aliphatic rings. The zero-order chi connectivity index (χ0) is 19.4. The molecule has 0 N–H and O–H groups in total. The Bertz CT molecular complexity index is 567. The number of hydrogen-bond donors (Lipinski definition) is 0. The number of carbonyl (C=O) groups excluding carboxylic acids is 1. The lowest BCUT2D eigenvalue weighted by Crippen LogP contribution is -2.53. The number of amides is 1. The zero-order valence-electron chi connectivity index (χ0n) is 16.2. The molecule has 2 unspecified atom stereocenters. The fourth-order valence-electron chi connectivity index (χ4n) is 5.86. The molecule has 2 saturated carbocycles. The van der Waals surface area contributed by atoms with Crippen LogP contribution in [0.1, 0.15) is 33.1 Å². The van der Waals surface area contributed by atoms with Crippen LogP contribution in [-0.4, -0.2) is 84.9 Å². The van der Waals surface area contributed by atoms with Gasteiger partial charge in [0.25, 0.3) is 0 Å². The molecule has 27 heavy (non-hydrogen) atoms. The second-order valence-electron chi connectivity index (χ2n) is 8.88. The number of rotatable bonds is 5. The summed E-state index contributed by atoms with van der Waals surface area (Å²) in [4.78, 5) is 17.8. The van der Waals surface area contributed by atoms with E-state index in [1.165, 1.54) is 0 Å². The predicted octanol–water partition coefficient (Wildman–Crippen LogP) is 2.81. The van der Waals surface area contributed by atoms with Gasteiger partial charge in [-0.15, -0.1) is 0 Å². The SMILES string of the molecule is CCOC(=O)N1CCC2(CC(N3CC4C(C3)C4N(CC)CC(F)(F)F)C2)C1. The van der Waals surface area contributed by atoms with Gasteiger partial charge in [0.1, 0.15) is 0 Å². The number of ether oxygens (including phenoxy) is 1. The monoisotopic (exact) mass is 389 g/mol. The van der Waals surface area contributed by atoms with E-state index in [-0.39, 0.29) is 17.6 Å². The number of alkyl halides is 3. The van der Waals surface area contributed by atoms with Gasteiger partial charge in [-0.25, -0.2) is 4.79 Å². The van der Waals surface area contributed by atoms with Crippen molar-refractivity contribution in [1.82, 2.24) is 14.7 Å². The Kier molecular flexibility index (Phi) is 4.86. The minimum atomic E-state index is -4.11. The quantitative estimate of drug-likeness (QED) is 0.725. The summed E-state index contributed by atoms with van der Waals surface area (Å²) >= 11 is 0. The van der Waals surface area contributed by atoms with Crippen molar-refractivity contribution in [2.24, 2.45) is 17.3 Å². The summed E-state index contributed by atoms with van der Waals surface area (Å²) in [6, 6.07) is 0.658. The molecule has 4 rings (SSSR count). The Morgan fingerprint density at radius 1 is 1.22 bits per heavy atom. The Balaban J connectivity index is 1.23. The Morgan fingerprint density at radius 3 is 2.44 bits per heavy atom. The molecule has 0 radical (unpaired) electrons. The van der Waals surface area contributed by atoms with Crippen LogP contribution in [0, 0.1) is 17.3 Å². The minimum absolute atomic E-state index is 0.118. The first-order chi connectivity index (χ1) is 12.8. The summed E-state index contributed by atoms with van der Waals surface area (Å²) in [5, 5.41) is 0. The van der Waals surface area contributed by atoms with Gasteiger partial charge in [0, 0.05) is 38.3 Å². The van der Waals surface area contributed by atoms with E-state index in [0.717, 1.165) is 45.4 Å². The van der Waals surface area contributed by atoms with Crippen LogP contribution >= 0.6 is 0 Å². The van der Waals surface area contributed by atoms with Crippen LogP contribution in [0.15, 0.2) is 0 Å². The molecule has 0 aromatic rings. The molecule has 2 heterocycles. The Labute approximate surface area is 158 Å². The number of nitrogens with zero attached hydrogens (tertiary/aromatic N) is 3. The molecule has 154 valence electrons. The molecule has 2 aliphatic carbocycles. The van der Waals surface area contributed by atoms with Crippen molar-refractivity contribution in [2.45, 2.75) is 51.4 Å². The van der Waals surface area contributed by atoms with Crippen molar-refractivity contribution in [2.75, 3.05) is 45.9 Å². The minimum Gasteiger partial charge on any atom is -0.450 e.